The molecule has 0 spiro atoms. The van der Waals surface area contributed by atoms with Crippen LogP contribution in [0, 0.1) is 11.8 Å². The second-order valence-electron chi connectivity index (χ2n) is 5.51. The number of hydrogen-bond donors (Lipinski definition) is 0. The summed E-state index contributed by atoms with van der Waals surface area (Å²) in [7, 11) is 1.44. The molecule has 0 N–H and O–H groups in total. The minimum atomic E-state index is -0.0996. The van der Waals surface area contributed by atoms with Crippen molar-refractivity contribution in [3.8, 4) is 0 Å². The first-order chi connectivity index (χ1) is 9.02. The van der Waals surface area contributed by atoms with Crippen LogP contribution in [0.1, 0.15) is 25.7 Å². The Kier molecular flexibility index (Phi) is 4.08. The van der Waals surface area contributed by atoms with Crippen molar-refractivity contribution in [2.75, 3.05) is 20.2 Å². The normalized spacial score (nSPS) is 27.8. The smallest absolute Gasteiger partial charge is 0.308 e. The van der Waals surface area contributed by atoms with Gasteiger partial charge in [0.2, 0.25) is 0 Å². The fourth-order valence-electron chi connectivity index (χ4n) is 2.95. The van der Waals surface area contributed by atoms with E-state index in [9.17, 15) is 9.59 Å². The summed E-state index contributed by atoms with van der Waals surface area (Å²) in [5.74, 6) is 0.432. The van der Waals surface area contributed by atoms with Crippen LogP contribution in [-0.4, -0.2) is 37.0 Å². The molecule has 4 nitrogen and oxygen atoms in total. The molecule has 0 aromatic heterocycles. The van der Waals surface area contributed by atoms with Gasteiger partial charge in [0.15, 0.2) is 0 Å². The molecule has 1 heterocycles. The molecule has 0 atom stereocenters. The minimum Gasteiger partial charge on any atom is -0.469 e. The predicted octanol–water partition coefficient (Wildman–Crippen LogP) is 1.92. The number of likely N-dealkylation sites (tertiary alicyclic amines) is 1. The van der Waals surface area contributed by atoms with Crippen molar-refractivity contribution in [3.05, 3.63) is 24.3 Å². The Labute approximate surface area is 114 Å². The first-order valence-corrected chi connectivity index (χ1v) is 6.77. The summed E-state index contributed by atoms with van der Waals surface area (Å²) in [6.07, 6.45) is 3.67. The number of ether oxygens (including phenoxy) is 1. The number of esters is 1. The SMILES string of the molecule is C=C1CN(CC2CCC(C(=O)OC)CC2)C(=O)C1=C. The highest BCUT2D eigenvalue weighted by atomic mass is 16.5. The van der Waals surface area contributed by atoms with Crippen LogP contribution in [0.15, 0.2) is 24.3 Å². The number of amides is 1. The van der Waals surface area contributed by atoms with Gasteiger partial charge in [-0.1, -0.05) is 13.2 Å². The highest BCUT2D eigenvalue weighted by Gasteiger charge is 2.32. The molecule has 0 aromatic carbocycles. The van der Waals surface area contributed by atoms with E-state index < -0.39 is 0 Å². The standard InChI is InChI=1S/C15H21NO3/c1-10-8-16(14(17)11(10)2)9-12-4-6-13(7-5-12)15(18)19-3/h12-13H,1-2,4-9H2,3H3. The van der Waals surface area contributed by atoms with Gasteiger partial charge < -0.3 is 9.64 Å². The third kappa shape index (κ3) is 2.88. The summed E-state index contributed by atoms with van der Waals surface area (Å²) in [5, 5.41) is 0. The second kappa shape index (κ2) is 5.59. The maximum Gasteiger partial charge on any atom is 0.308 e. The van der Waals surface area contributed by atoms with Crippen LogP contribution in [-0.2, 0) is 14.3 Å². The molecule has 2 aliphatic rings. The lowest BCUT2D eigenvalue weighted by molar-refractivity contribution is -0.147. The predicted molar refractivity (Wildman–Crippen MR) is 72.3 cm³/mol. The third-order valence-corrected chi connectivity index (χ3v) is 4.21. The van der Waals surface area contributed by atoms with Crippen molar-refractivity contribution < 1.29 is 14.3 Å². The average Bonchev–Trinajstić information content (AvgIpc) is 2.66. The Morgan fingerprint density at radius 1 is 1.32 bits per heavy atom. The first kappa shape index (κ1) is 13.8. The maximum absolute atomic E-state index is 11.9. The molecule has 1 aliphatic carbocycles. The van der Waals surface area contributed by atoms with E-state index in [1.807, 2.05) is 4.90 Å². The Morgan fingerprint density at radius 3 is 2.42 bits per heavy atom. The molecule has 1 saturated heterocycles. The summed E-state index contributed by atoms with van der Waals surface area (Å²) in [6.45, 7) is 8.97. The van der Waals surface area contributed by atoms with Crippen molar-refractivity contribution in [1.82, 2.24) is 4.90 Å². The van der Waals surface area contributed by atoms with Crippen molar-refractivity contribution in [3.63, 3.8) is 0 Å². The van der Waals surface area contributed by atoms with Crippen LogP contribution in [0.3, 0.4) is 0 Å². The highest BCUT2D eigenvalue weighted by Crippen LogP contribution is 2.31. The Bertz CT molecular complexity index is 419. The summed E-state index contributed by atoms with van der Waals surface area (Å²) < 4.78 is 4.78. The van der Waals surface area contributed by atoms with Crippen LogP contribution in [0.25, 0.3) is 0 Å². The van der Waals surface area contributed by atoms with Gasteiger partial charge in [0.25, 0.3) is 5.91 Å². The number of carbonyl (C=O) groups excluding carboxylic acids is 2. The molecular formula is C15H21NO3. The van der Waals surface area contributed by atoms with Gasteiger partial charge in [-0.3, -0.25) is 9.59 Å². The van der Waals surface area contributed by atoms with Gasteiger partial charge in [0.1, 0.15) is 0 Å². The largest absolute Gasteiger partial charge is 0.469 e. The fourth-order valence-corrected chi connectivity index (χ4v) is 2.95. The zero-order valence-electron chi connectivity index (χ0n) is 11.5. The van der Waals surface area contributed by atoms with Gasteiger partial charge in [-0.05, 0) is 37.2 Å². The van der Waals surface area contributed by atoms with Crippen LogP contribution in [0.5, 0.6) is 0 Å². The molecule has 0 radical (unpaired) electrons. The van der Waals surface area contributed by atoms with Crippen molar-refractivity contribution in [2.45, 2.75) is 25.7 Å². The van der Waals surface area contributed by atoms with Gasteiger partial charge in [-0.15, -0.1) is 0 Å². The number of methoxy groups -OCH3 is 1. The van der Waals surface area contributed by atoms with Crippen LogP contribution >= 0.6 is 0 Å². The highest BCUT2D eigenvalue weighted by molar-refractivity contribution is 6.00. The first-order valence-electron chi connectivity index (χ1n) is 6.77. The van der Waals surface area contributed by atoms with E-state index in [2.05, 4.69) is 13.2 Å². The molecule has 2 rings (SSSR count). The molecule has 1 amide bonds. The maximum atomic E-state index is 11.9. The number of carbonyl (C=O) groups is 2. The van der Waals surface area contributed by atoms with E-state index in [0.717, 1.165) is 37.8 Å². The van der Waals surface area contributed by atoms with Crippen LogP contribution in [0.4, 0.5) is 0 Å². The number of rotatable bonds is 3. The van der Waals surface area contributed by atoms with E-state index in [4.69, 9.17) is 4.74 Å². The lowest BCUT2D eigenvalue weighted by Gasteiger charge is -2.29. The summed E-state index contributed by atoms with van der Waals surface area (Å²) in [4.78, 5) is 25.2. The van der Waals surface area contributed by atoms with E-state index in [-0.39, 0.29) is 17.8 Å². The molecule has 0 unspecified atom stereocenters. The van der Waals surface area contributed by atoms with Crippen molar-refractivity contribution in [2.24, 2.45) is 11.8 Å². The summed E-state index contributed by atoms with van der Waals surface area (Å²) in [5.41, 5.74) is 1.37. The van der Waals surface area contributed by atoms with Gasteiger partial charge in [0.05, 0.1) is 13.0 Å². The average molecular weight is 263 g/mol. The topological polar surface area (TPSA) is 46.6 Å². The van der Waals surface area contributed by atoms with Gasteiger partial charge in [-0.25, -0.2) is 0 Å². The van der Waals surface area contributed by atoms with E-state index in [0.29, 0.717) is 18.0 Å². The molecule has 0 bridgehead atoms. The molecule has 2 fully saturated rings. The number of hydrogen-bond acceptors (Lipinski definition) is 3. The zero-order valence-corrected chi connectivity index (χ0v) is 11.5. The third-order valence-electron chi connectivity index (χ3n) is 4.21. The molecular weight excluding hydrogens is 242 g/mol. The van der Waals surface area contributed by atoms with E-state index in [1.54, 1.807) is 0 Å². The monoisotopic (exact) mass is 263 g/mol. The summed E-state index contributed by atoms with van der Waals surface area (Å²) in [6, 6.07) is 0. The summed E-state index contributed by atoms with van der Waals surface area (Å²) >= 11 is 0. The van der Waals surface area contributed by atoms with Gasteiger partial charge in [-0.2, -0.15) is 0 Å². The molecule has 19 heavy (non-hydrogen) atoms. The van der Waals surface area contributed by atoms with Crippen molar-refractivity contribution in [1.29, 1.82) is 0 Å². The second-order valence-corrected chi connectivity index (χ2v) is 5.51. The Morgan fingerprint density at radius 2 is 1.95 bits per heavy atom. The molecule has 4 heteroatoms. The van der Waals surface area contributed by atoms with E-state index >= 15 is 0 Å². The minimum absolute atomic E-state index is 0.0140. The fraction of sp³-hybridized carbons (Fsp3) is 0.600. The van der Waals surface area contributed by atoms with Crippen LogP contribution in [0.2, 0.25) is 0 Å². The van der Waals surface area contributed by atoms with Crippen LogP contribution < -0.4 is 0 Å². The number of nitrogens with zero attached hydrogens (tertiary/aromatic N) is 1. The molecule has 0 aromatic rings. The molecule has 1 saturated carbocycles. The Balaban J connectivity index is 1.83. The van der Waals surface area contributed by atoms with Gasteiger partial charge >= 0.3 is 5.97 Å². The lowest BCUT2D eigenvalue weighted by atomic mass is 9.82. The quantitative estimate of drug-likeness (QED) is 0.577. The lowest BCUT2D eigenvalue weighted by Crippen LogP contribution is -2.33. The van der Waals surface area contributed by atoms with Crippen molar-refractivity contribution >= 4 is 11.9 Å². The van der Waals surface area contributed by atoms with E-state index in [1.165, 1.54) is 7.11 Å². The molecule has 1 aliphatic heterocycles. The zero-order chi connectivity index (χ0) is 14.0. The molecule has 104 valence electrons. The van der Waals surface area contributed by atoms with Gasteiger partial charge in [0, 0.05) is 18.7 Å². The Hall–Kier alpha value is -1.58.